The van der Waals surface area contributed by atoms with E-state index >= 15 is 0 Å². The maximum atomic E-state index is 12.1. The van der Waals surface area contributed by atoms with Crippen molar-refractivity contribution in [2.24, 2.45) is 0 Å². The first-order chi connectivity index (χ1) is 10.1. The molecule has 0 aliphatic heterocycles. The number of anilines is 1. The third kappa shape index (κ3) is 4.02. The topological polar surface area (TPSA) is 62.5 Å². The van der Waals surface area contributed by atoms with Crippen LogP contribution in [-0.2, 0) is 0 Å². The number of aliphatic hydroxyl groups is 1. The molecule has 1 amide bonds. The van der Waals surface area contributed by atoms with Crippen LogP contribution in [0.2, 0.25) is 10.2 Å². The van der Waals surface area contributed by atoms with Crippen molar-refractivity contribution in [2.75, 3.05) is 11.9 Å². The summed E-state index contributed by atoms with van der Waals surface area (Å²) in [5, 5.41) is 11.9. The van der Waals surface area contributed by atoms with Crippen LogP contribution >= 0.6 is 23.2 Å². The number of furan rings is 1. The Morgan fingerprint density at radius 2 is 2.14 bits per heavy atom. The van der Waals surface area contributed by atoms with Crippen LogP contribution in [0.5, 0.6) is 0 Å². The van der Waals surface area contributed by atoms with E-state index < -0.39 is 5.91 Å². The summed E-state index contributed by atoms with van der Waals surface area (Å²) in [6, 6.07) is 6.43. The Bertz CT molecular complexity index is 713. The zero-order chi connectivity index (χ0) is 15.2. The minimum Gasteiger partial charge on any atom is -0.452 e. The van der Waals surface area contributed by atoms with E-state index in [9.17, 15) is 4.79 Å². The Balaban J connectivity index is 2.27. The summed E-state index contributed by atoms with van der Waals surface area (Å²) < 4.78 is 4.88. The van der Waals surface area contributed by atoms with Crippen molar-refractivity contribution in [3.8, 4) is 11.8 Å². The van der Waals surface area contributed by atoms with Crippen molar-refractivity contribution >= 4 is 34.8 Å². The number of carbonyl (C=O) groups is 1. The number of nitrogens with one attached hydrogen (secondary N) is 1. The lowest BCUT2D eigenvalue weighted by atomic mass is 10.1. The van der Waals surface area contributed by atoms with Gasteiger partial charge in [-0.2, -0.15) is 0 Å². The molecular formula is C15H11Cl2NO3. The summed E-state index contributed by atoms with van der Waals surface area (Å²) in [6.07, 6.45) is 1.68. The zero-order valence-electron chi connectivity index (χ0n) is 10.8. The predicted molar refractivity (Wildman–Crippen MR) is 81.7 cm³/mol. The van der Waals surface area contributed by atoms with Gasteiger partial charge in [-0.1, -0.05) is 23.4 Å². The molecule has 0 spiro atoms. The number of amides is 1. The molecule has 0 aliphatic rings. The Labute approximate surface area is 131 Å². The quantitative estimate of drug-likeness (QED) is 0.849. The van der Waals surface area contributed by atoms with Crippen LogP contribution < -0.4 is 5.32 Å². The lowest BCUT2D eigenvalue weighted by Crippen LogP contribution is -2.12. The molecule has 0 bridgehead atoms. The first kappa shape index (κ1) is 15.5. The summed E-state index contributed by atoms with van der Waals surface area (Å²) in [5.41, 5.74) is 1.29. The minimum absolute atomic E-state index is 0.0162. The number of aliphatic hydroxyl groups excluding tert-OH is 1. The monoisotopic (exact) mass is 323 g/mol. The molecular weight excluding hydrogens is 313 g/mol. The van der Waals surface area contributed by atoms with Gasteiger partial charge in [-0.05, 0) is 35.9 Å². The molecule has 21 heavy (non-hydrogen) atoms. The summed E-state index contributed by atoms with van der Waals surface area (Å²) >= 11 is 11.7. The fourth-order valence-electron chi connectivity index (χ4n) is 1.59. The van der Waals surface area contributed by atoms with Gasteiger partial charge >= 0.3 is 0 Å². The average molecular weight is 324 g/mol. The van der Waals surface area contributed by atoms with Crippen LogP contribution in [0, 0.1) is 11.8 Å². The molecule has 6 heteroatoms. The Hall–Kier alpha value is -1.93. The van der Waals surface area contributed by atoms with Crippen LogP contribution in [0.25, 0.3) is 0 Å². The highest BCUT2D eigenvalue weighted by Crippen LogP contribution is 2.23. The fourth-order valence-corrected chi connectivity index (χ4v) is 1.96. The van der Waals surface area contributed by atoms with E-state index in [1.165, 1.54) is 12.3 Å². The second kappa shape index (κ2) is 7.19. The summed E-state index contributed by atoms with van der Waals surface area (Å²) in [4.78, 5) is 12.1. The van der Waals surface area contributed by atoms with E-state index in [1.54, 1.807) is 18.2 Å². The first-order valence-electron chi connectivity index (χ1n) is 6.05. The number of hydrogen-bond acceptors (Lipinski definition) is 3. The van der Waals surface area contributed by atoms with Gasteiger partial charge in [-0.25, -0.2) is 0 Å². The molecule has 2 N–H and O–H groups in total. The predicted octanol–water partition coefficient (Wildman–Crippen LogP) is 3.57. The number of halogens is 2. The molecule has 1 heterocycles. The molecule has 1 aromatic carbocycles. The van der Waals surface area contributed by atoms with E-state index in [0.29, 0.717) is 22.7 Å². The van der Waals surface area contributed by atoms with Crippen molar-refractivity contribution < 1.29 is 14.3 Å². The van der Waals surface area contributed by atoms with Crippen molar-refractivity contribution in [3.63, 3.8) is 0 Å². The number of rotatable bonds is 3. The minimum atomic E-state index is -0.416. The molecule has 0 atom stereocenters. The molecule has 108 valence electrons. The number of benzene rings is 1. The van der Waals surface area contributed by atoms with Gasteiger partial charge in [0.15, 0.2) is 0 Å². The van der Waals surface area contributed by atoms with E-state index in [-0.39, 0.29) is 17.4 Å². The smallest absolute Gasteiger partial charge is 0.260 e. The van der Waals surface area contributed by atoms with Gasteiger partial charge in [-0.15, -0.1) is 0 Å². The summed E-state index contributed by atoms with van der Waals surface area (Å²) in [5.74, 6) is 5.24. The standard InChI is InChI=1S/C15H11Cl2NO3/c16-11-5-4-10(3-1-2-7-19)13(9-11)18-15(20)12-6-8-21-14(12)17/h4-6,8-9,19H,2,7H2,(H,18,20). The molecule has 0 fully saturated rings. The maximum Gasteiger partial charge on any atom is 0.260 e. The van der Waals surface area contributed by atoms with Crippen LogP contribution in [-0.4, -0.2) is 17.6 Å². The van der Waals surface area contributed by atoms with Gasteiger partial charge in [-0.3, -0.25) is 4.79 Å². The van der Waals surface area contributed by atoms with Gasteiger partial charge in [0.1, 0.15) is 0 Å². The van der Waals surface area contributed by atoms with Gasteiger partial charge in [0.05, 0.1) is 24.1 Å². The van der Waals surface area contributed by atoms with Crippen molar-refractivity contribution in [1.29, 1.82) is 0 Å². The molecule has 4 nitrogen and oxygen atoms in total. The number of carbonyl (C=O) groups excluding carboxylic acids is 1. The summed E-state index contributed by atoms with van der Waals surface area (Å²) in [7, 11) is 0. The summed E-state index contributed by atoms with van der Waals surface area (Å²) in [6.45, 7) is -0.0209. The molecule has 2 rings (SSSR count). The SMILES string of the molecule is O=C(Nc1cc(Cl)ccc1C#CCCO)c1ccoc1Cl. The number of hydrogen-bond donors (Lipinski definition) is 2. The lowest BCUT2D eigenvalue weighted by molar-refractivity contribution is 0.102. The van der Waals surface area contributed by atoms with E-state index in [0.717, 1.165) is 0 Å². The van der Waals surface area contributed by atoms with Gasteiger partial charge in [0.2, 0.25) is 5.22 Å². The highest BCUT2D eigenvalue weighted by molar-refractivity contribution is 6.33. The Kier molecular flexibility index (Phi) is 5.29. The normalized spacial score (nSPS) is 9.86. The first-order valence-corrected chi connectivity index (χ1v) is 6.81. The van der Waals surface area contributed by atoms with Gasteiger partial charge < -0.3 is 14.8 Å². The zero-order valence-corrected chi connectivity index (χ0v) is 12.3. The van der Waals surface area contributed by atoms with E-state index in [4.69, 9.17) is 32.7 Å². The molecule has 0 radical (unpaired) electrons. The van der Waals surface area contributed by atoms with Crippen molar-refractivity contribution in [2.45, 2.75) is 6.42 Å². The molecule has 0 aliphatic carbocycles. The van der Waals surface area contributed by atoms with Crippen LogP contribution in [0.1, 0.15) is 22.3 Å². The Morgan fingerprint density at radius 1 is 1.33 bits per heavy atom. The molecule has 0 unspecified atom stereocenters. The van der Waals surface area contributed by atoms with Crippen LogP contribution in [0.15, 0.2) is 34.9 Å². The average Bonchev–Trinajstić information content (AvgIpc) is 2.88. The van der Waals surface area contributed by atoms with E-state index in [1.807, 2.05) is 0 Å². The fraction of sp³-hybridized carbons (Fsp3) is 0.133. The van der Waals surface area contributed by atoms with Crippen molar-refractivity contribution in [3.05, 3.63) is 51.9 Å². The second-order valence-electron chi connectivity index (χ2n) is 4.03. The van der Waals surface area contributed by atoms with Crippen LogP contribution in [0.3, 0.4) is 0 Å². The Morgan fingerprint density at radius 3 is 2.81 bits per heavy atom. The third-order valence-electron chi connectivity index (χ3n) is 2.55. The lowest BCUT2D eigenvalue weighted by Gasteiger charge is -2.07. The van der Waals surface area contributed by atoms with Crippen molar-refractivity contribution in [1.82, 2.24) is 0 Å². The molecule has 1 aromatic heterocycles. The largest absolute Gasteiger partial charge is 0.452 e. The molecule has 0 saturated carbocycles. The van der Waals surface area contributed by atoms with Gasteiger partial charge in [0.25, 0.3) is 5.91 Å². The second-order valence-corrected chi connectivity index (χ2v) is 4.81. The van der Waals surface area contributed by atoms with E-state index in [2.05, 4.69) is 17.2 Å². The van der Waals surface area contributed by atoms with Crippen LogP contribution in [0.4, 0.5) is 5.69 Å². The van der Waals surface area contributed by atoms with Gasteiger partial charge in [0, 0.05) is 17.0 Å². The highest BCUT2D eigenvalue weighted by Gasteiger charge is 2.14. The third-order valence-corrected chi connectivity index (χ3v) is 3.08. The highest BCUT2D eigenvalue weighted by atomic mass is 35.5. The molecule has 0 saturated heterocycles. The molecule has 2 aromatic rings. The maximum absolute atomic E-state index is 12.1.